The van der Waals surface area contributed by atoms with Crippen LogP contribution in [-0.2, 0) is 0 Å². The third-order valence-electron chi connectivity index (χ3n) is 3.35. The fraction of sp³-hybridized carbons (Fsp3) is 0.111. The number of aromatic nitrogens is 1. The van der Waals surface area contributed by atoms with Crippen LogP contribution in [0.1, 0.15) is 10.8 Å². The number of pyridine rings is 1. The minimum Gasteiger partial charge on any atom is -0.497 e. The Morgan fingerprint density at radius 2 is 1.82 bits per heavy atom. The van der Waals surface area contributed by atoms with E-state index in [-0.39, 0.29) is 5.25 Å². The van der Waals surface area contributed by atoms with Crippen LogP contribution >= 0.6 is 11.8 Å². The molecule has 3 nitrogen and oxygen atoms in total. The van der Waals surface area contributed by atoms with Crippen molar-refractivity contribution in [2.75, 3.05) is 7.11 Å². The Hall–Kier alpha value is -2.51. The van der Waals surface area contributed by atoms with Gasteiger partial charge in [0.25, 0.3) is 0 Å². The van der Waals surface area contributed by atoms with Gasteiger partial charge in [-0.3, -0.25) is 0 Å². The lowest BCUT2D eigenvalue weighted by molar-refractivity contribution is 0.414. The lowest BCUT2D eigenvalue weighted by Gasteiger charge is -2.10. The molecule has 1 heterocycles. The fourth-order valence-corrected chi connectivity index (χ4v) is 3.07. The monoisotopic (exact) mass is 306 g/mol. The number of hydrogen-bond acceptors (Lipinski definition) is 4. The van der Waals surface area contributed by atoms with Crippen molar-refractivity contribution in [2.24, 2.45) is 0 Å². The Morgan fingerprint density at radius 1 is 1.05 bits per heavy atom. The molecular weight excluding hydrogens is 292 g/mol. The third kappa shape index (κ3) is 3.05. The summed E-state index contributed by atoms with van der Waals surface area (Å²) in [5, 5.41) is 11.1. The molecule has 0 amide bonds. The first-order chi connectivity index (χ1) is 10.8. The number of para-hydroxylation sites is 1. The van der Waals surface area contributed by atoms with Crippen LogP contribution in [0.15, 0.2) is 65.7 Å². The number of rotatable bonds is 4. The van der Waals surface area contributed by atoms with Gasteiger partial charge in [0.05, 0.1) is 23.7 Å². The second-order valence-corrected chi connectivity index (χ2v) is 5.87. The van der Waals surface area contributed by atoms with Gasteiger partial charge in [0.1, 0.15) is 11.0 Å². The van der Waals surface area contributed by atoms with Gasteiger partial charge in [0.15, 0.2) is 0 Å². The van der Waals surface area contributed by atoms with Gasteiger partial charge in [-0.25, -0.2) is 4.98 Å². The highest BCUT2D eigenvalue weighted by Crippen LogP contribution is 2.34. The van der Waals surface area contributed by atoms with Gasteiger partial charge in [-0.1, -0.05) is 48.2 Å². The molecule has 1 aromatic heterocycles. The molecule has 3 rings (SSSR count). The molecular formula is C18H14N2OS. The maximum absolute atomic E-state index is 9.45. The summed E-state index contributed by atoms with van der Waals surface area (Å²) in [6.45, 7) is 0. The molecule has 1 atom stereocenters. The topological polar surface area (TPSA) is 45.9 Å². The minimum absolute atomic E-state index is 0.292. The summed E-state index contributed by atoms with van der Waals surface area (Å²) in [4.78, 5) is 4.61. The lowest BCUT2D eigenvalue weighted by atomic mass is 10.1. The summed E-state index contributed by atoms with van der Waals surface area (Å²) in [5.41, 5.74) is 1.89. The lowest BCUT2D eigenvalue weighted by Crippen LogP contribution is -1.93. The largest absolute Gasteiger partial charge is 0.497 e. The zero-order valence-corrected chi connectivity index (χ0v) is 12.9. The van der Waals surface area contributed by atoms with Crippen LogP contribution in [0.4, 0.5) is 0 Å². The summed E-state index contributed by atoms with van der Waals surface area (Å²) in [6.07, 6.45) is 0. The molecule has 4 heteroatoms. The van der Waals surface area contributed by atoms with E-state index in [1.54, 1.807) is 7.11 Å². The van der Waals surface area contributed by atoms with Crippen LogP contribution in [0.5, 0.6) is 5.75 Å². The first kappa shape index (κ1) is 14.4. The summed E-state index contributed by atoms with van der Waals surface area (Å²) in [7, 11) is 1.63. The van der Waals surface area contributed by atoms with Crippen molar-refractivity contribution < 1.29 is 4.74 Å². The van der Waals surface area contributed by atoms with Crippen molar-refractivity contribution >= 4 is 22.7 Å². The summed E-state index contributed by atoms with van der Waals surface area (Å²) >= 11 is 1.46. The average molecular weight is 306 g/mol. The molecule has 0 spiro atoms. The van der Waals surface area contributed by atoms with Gasteiger partial charge in [-0.2, -0.15) is 5.26 Å². The van der Waals surface area contributed by atoms with E-state index in [0.717, 1.165) is 27.2 Å². The number of methoxy groups -OCH3 is 1. The summed E-state index contributed by atoms with van der Waals surface area (Å²) < 4.78 is 5.15. The Kier molecular flexibility index (Phi) is 4.27. The second-order valence-electron chi connectivity index (χ2n) is 4.74. The minimum atomic E-state index is -0.292. The van der Waals surface area contributed by atoms with E-state index in [9.17, 15) is 5.26 Å². The zero-order valence-electron chi connectivity index (χ0n) is 12.1. The smallest absolute Gasteiger partial charge is 0.123 e. The second kappa shape index (κ2) is 6.50. The molecule has 1 unspecified atom stereocenters. The number of hydrogen-bond donors (Lipinski definition) is 0. The van der Waals surface area contributed by atoms with Crippen molar-refractivity contribution in [3.8, 4) is 11.8 Å². The molecule has 0 saturated heterocycles. The van der Waals surface area contributed by atoms with E-state index in [0.29, 0.717) is 0 Å². The quantitative estimate of drug-likeness (QED) is 0.661. The molecule has 0 bridgehead atoms. The number of nitrogens with zero attached hydrogens (tertiary/aromatic N) is 2. The molecule has 0 radical (unpaired) electrons. The van der Waals surface area contributed by atoms with Crippen molar-refractivity contribution in [1.82, 2.24) is 4.98 Å². The molecule has 22 heavy (non-hydrogen) atoms. The highest BCUT2D eigenvalue weighted by Gasteiger charge is 2.13. The molecule has 0 aliphatic heterocycles. The molecule has 0 fully saturated rings. The number of ether oxygens (including phenoxy) is 1. The maximum atomic E-state index is 9.45. The summed E-state index contributed by atoms with van der Waals surface area (Å²) in [6, 6.07) is 21.9. The third-order valence-corrected chi connectivity index (χ3v) is 4.43. The fourth-order valence-electron chi connectivity index (χ4n) is 2.18. The van der Waals surface area contributed by atoms with Crippen molar-refractivity contribution in [2.45, 2.75) is 10.3 Å². The van der Waals surface area contributed by atoms with Crippen LogP contribution < -0.4 is 4.74 Å². The standard InChI is InChI=1S/C18H14N2OS/c1-21-15-9-6-14(7-10-15)17(12-19)22-18-11-8-13-4-2-3-5-16(13)20-18/h2-11,17H,1H3. The first-order valence-corrected chi connectivity index (χ1v) is 7.74. The molecule has 0 N–H and O–H groups in total. The van der Waals surface area contributed by atoms with Crippen molar-refractivity contribution in [3.05, 3.63) is 66.2 Å². The Bertz CT molecular complexity index is 824. The molecule has 0 aliphatic rings. The Labute approximate surface area is 133 Å². The maximum Gasteiger partial charge on any atom is 0.123 e. The number of thioether (sulfide) groups is 1. The van der Waals surface area contributed by atoms with Crippen LogP contribution in [0.25, 0.3) is 10.9 Å². The van der Waals surface area contributed by atoms with E-state index >= 15 is 0 Å². The number of fused-ring (bicyclic) bond motifs is 1. The predicted molar refractivity (Wildman–Crippen MR) is 88.9 cm³/mol. The van der Waals surface area contributed by atoms with Gasteiger partial charge in [0.2, 0.25) is 0 Å². The van der Waals surface area contributed by atoms with Crippen LogP contribution in [-0.4, -0.2) is 12.1 Å². The zero-order chi connectivity index (χ0) is 15.4. The molecule has 0 saturated carbocycles. The van der Waals surface area contributed by atoms with Crippen LogP contribution in [0.3, 0.4) is 0 Å². The van der Waals surface area contributed by atoms with Gasteiger partial charge in [0, 0.05) is 5.39 Å². The highest BCUT2D eigenvalue weighted by molar-refractivity contribution is 7.99. The average Bonchev–Trinajstić information content (AvgIpc) is 2.59. The van der Waals surface area contributed by atoms with E-state index in [2.05, 4.69) is 11.1 Å². The van der Waals surface area contributed by atoms with Gasteiger partial charge >= 0.3 is 0 Å². The van der Waals surface area contributed by atoms with E-state index in [1.165, 1.54) is 11.8 Å². The van der Waals surface area contributed by atoms with Crippen molar-refractivity contribution in [1.29, 1.82) is 5.26 Å². The summed E-state index contributed by atoms with van der Waals surface area (Å²) in [5.74, 6) is 0.786. The molecule has 2 aromatic carbocycles. The Balaban J connectivity index is 1.85. The molecule has 3 aromatic rings. The van der Waals surface area contributed by atoms with E-state index < -0.39 is 0 Å². The number of benzene rings is 2. The first-order valence-electron chi connectivity index (χ1n) is 6.86. The van der Waals surface area contributed by atoms with Gasteiger partial charge in [-0.15, -0.1) is 0 Å². The molecule has 108 valence electrons. The van der Waals surface area contributed by atoms with Crippen LogP contribution in [0.2, 0.25) is 0 Å². The van der Waals surface area contributed by atoms with E-state index in [4.69, 9.17) is 4.74 Å². The normalized spacial score (nSPS) is 11.8. The predicted octanol–water partition coefficient (Wildman–Crippen LogP) is 4.60. The van der Waals surface area contributed by atoms with Gasteiger partial charge < -0.3 is 4.74 Å². The van der Waals surface area contributed by atoms with E-state index in [1.807, 2.05) is 60.7 Å². The Morgan fingerprint density at radius 3 is 2.55 bits per heavy atom. The SMILES string of the molecule is COc1ccc(C(C#N)Sc2ccc3ccccc3n2)cc1. The number of nitriles is 1. The van der Waals surface area contributed by atoms with Crippen molar-refractivity contribution in [3.63, 3.8) is 0 Å². The van der Waals surface area contributed by atoms with Gasteiger partial charge in [-0.05, 0) is 29.8 Å². The highest BCUT2D eigenvalue weighted by atomic mass is 32.2. The molecule has 0 aliphatic carbocycles. The van der Waals surface area contributed by atoms with Crippen LogP contribution in [0, 0.1) is 11.3 Å².